The van der Waals surface area contributed by atoms with Crippen LogP contribution in [0.25, 0.3) is 0 Å². The maximum atomic E-state index is 13.9. The van der Waals surface area contributed by atoms with Gasteiger partial charge in [0.1, 0.15) is 5.82 Å². The molecule has 8 heteroatoms. The number of nitrogens with zero attached hydrogens (tertiary/aromatic N) is 3. The number of hydrogen-bond acceptors (Lipinski definition) is 4. The smallest absolute Gasteiger partial charge is 0.191 e. The van der Waals surface area contributed by atoms with Gasteiger partial charge in [0.05, 0.1) is 35.4 Å². The van der Waals surface area contributed by atoms with Gasteiger partial charge in [0.25, 0.3) is 0 Å². The first kappa shape index (κ1) is 21.3. The molecule has 0 unspecified atom stereocenters. The van der Waals surface area contributed by atoms with Gasteiger partial charge in [0.2, 0.25) is 0 Å². The Balaban J connectivity index is 0.00000312. The van der Waals surface area contributed by atoms with Crippen molar-refractivity contribution in [3.63, 3.8) is 0 Å². The summed E-state index contributed by atoms with van der Waals surface area (Å²) in [7, 11) is 0. The number of benzene rings is 1. The van der Waals surface area contributed by atoms with Gasteiger partial charge < -0.3 is 10.6 Å². The Labute approximate surface area is 168 Å². The van der Waals surface area contributed by atoms with Gasteiger partial charge in [-0.1, -0.05) is 6.07 Å². The number of nitrogens with one attached hydrogen (secondary N) is 2. The molecule has 5 nitrogen and oxygen atoms in total. The number of guanidine groups is 1. The van der Waals surface area contributed by atoms with E-state index in [2.05, 4.69) is 20.6 Å². The molecule has 0 aliphatic rings. The number of rotatable bonds is 5. The lowest BCUT2D eigenvalue weighted by molar-refractivity contribution is 0.609. The van der Waals surface area contributed by atoms with Gasteiger partial charge in [0.15, 0.2) is 5.96 Å². The molecule has 0 spiro atoms. The largest absolute Gasteiger partial charge is 0.357 e. The summed E-state index contributed by atoms with van der Waals surface area (Å²) in [4.78, 5) is 9.96. The summed E-state index contributed by atoms with van der Waals surface area (Å²) in [5.41, 5.74) is 1.77. The van der Waals surface area contributed by atoms with Crippen LogP contribution in [-0.4, -0.2) is 17.5 Å². The van der Waals surface area contributed by atoms with E-state index < -0.39 is 5.82 Å². The lowest BCUT2D eigenvalue weighted by Gasteiger charge is -2.11. The average molecular weight is 473 g/mol. The Bertz CT molecular complexity index is 782. The standard InChI is InChI=1S/C17H20FN5S.HI/c1-4-20-17(22-10-16-11(2)23-12(3)24-16)21-9-14-6-5-13(8-19)7-15(14)18;/h5-7H,4,9-10H2,1-3H3,(H2,20,21,22);1H. The van der Waals surface area contributed by atoms with Gasteiger partial charge in [-0.2, -0.15) is 5.26 Å². The highest BCUT2D eigenvalue weighted by molar-refractivity contribution is 14.0. The van der Waals surface area contributed by atoms with Crippen molar-refractivity contribution in [3.8, 4) is 6.07 Å². The highest BCUT2D eigenvalue weighted by Gasteiger charge is 2.07. The minimum Gasteiger partial charge on any atom is -0.357 e. The highest BCUT2D eigenvalue weighted by atomic mass is 127. The van der Waals surface area contributed by atoms with Crippen molar-refractivity contribution < 1.29 is 4.39 Å². The van der Waals surface area contributed by atoms with Crippen LogP contribution in [0.2, 0.25) is 0 Å². The van der Waals surface area contributed by atoms with E-state index in [1.165, 1.54) is 6.07 Å². The molecule has 0 amide bonds. The number of halogens is 2. The molecule has 0 saturated heterocycles. The third-order valence-corrected chi connectivity index (χ3v) is 4.42. The normalized spacial score (nSPS) is 10.8. The second-order valence-electron chi connectivity index (χ2n) is 5.21. The van der Waals surface area contributed by atoms with Crippen LogP contribution in [-0.2, 0) is 13.1 Å². The number of hydrogen-bond donors (Lipinski definition) is 2. The van der Waals surface area contributed by atoms with Crippen molar-refractivity contribution in [1.29, 1.82) is 5.26 Å². The zero-order valence-corrected chi connectivity index (χ0v) is 17.5. The predicted molar refractivity (Wildman–Crippen MR) is 110 cm³/mol. The van der Waals surface area contributed by atoms with E-state index in [-0.39, 0.29) is 30.5 Å². The zero-order chi connectivity index (χ0) is 17.5. The number of aliphatic imine (C=N–C) groups is 1. The minimum atomic E-state index is -0.414. The molecule has 0 bridgehead atoms. The van der Waals surface area contributed by atoms with Gasteiger partial charge in [-0.3, -0.25) is 0 Å². The maximum Gasteiger partial charge on any atom is 0.191 e. The summed E-state index contributed by atoms with van der Waals surface area (Å²) in [6, 6.07) is 6.34. The van der Waals surface area contributed by atoms with Crippen LogP contribution in [0.3, 0.4) is 0 Å². The molecule has 2 aromatic rings. The first-order chi connectivity index (χ1) is 11.5. The van der Waals surface area contributed by atoms with E-state index in [1.54, 1.807) is 23.5 Å². The lowest BCUT2D eigenvalue weighted by atomic mass is 10.1. The molecule has 1 heterocycles. The van der Waals surface area contributed by atoms with E-state index in [1.807, 2.05) is 26.8 Å². The van der Waals surface area contributed by atoms with Crippen LogP contribution in [0.1, 0.15) is 33.6 Å². The Kier molecular flexibility index (Phi) is 8.78. The molecule has 0 radical (unpaired) electrons. The summed E-state index contributed by atoms with van der Waals surface area (Å²) >= 11 is 1.65. The molecule has 0 aliphatic carbocycles. The number of thiazole rings is 1. The van der Waals surface area contributed by atoms with E-state index in [0.717, 1.165) is 15.6 Å². The number of aromatic nitrogens is 1. The Morgan fingerprint density at radius 3 is 2.68 bits per heavy atom. The number of aryl methyl sites for hydroxylation is 2. The van der Waals surface area contributed by atoms with Crippen molar-refractivity contribution in [2.45, 2.75) is 33.9 Å². The SMILES string of the molecule is CCNC(=NCc1ccc(C#N)cc1F)NCc1sc(C)nc1C.I. The van der Waals surface area contributed by atoms with Gasteiger partial charge in [-0.15, -0.1) is 35.3 Å². The Hall–Kier alpha value is -1.73. The van der Waals surface area contributed by atoms with Gasteiger partial charge >= 0.3 is 0 Å². The van der Waals surface area contributed by atoms with E-state index in [4.69, 9.17) is 5.26 Å². The molecule has 2 N–H and O–H groups in total. The summed E-state index contributed by atoms with van der Waals surface area (Å²) in [6.45, 7) is 7.47. The molecule has 0 saturated carbocycles. The van der Waals surface area contributed by atoms with Gasteiger partial charge in [-0.05, 0) is 32.9 Å². The van der Waals surface area contributed by atoms with Crippen molar-refractivity contribution >= 4 is 41.3 Å². The lowest BCUT2D eigenvalue weighted by Crippen LogP contribution is -2.36. The monoisotopic (exact) mass is 473 g/mol. The van der Waals surface area contributed by atoms with E-state index >= 15 is 0 Å². The van der Waals surface area contributed by atoms with Crippen molar-refractivity contribution in [2.75, 3.05) is 6.54 Å². The van der Waals surface area contributed by atoms with E-state index in [9.17, 15) is 4.39 Å². The summed E-state index contributed by atoms with van der Waals surface area (Å²) in [5, 5.41) is 16.2. The molecule has 0 atom stereocenters. The molecule has 134 valence electrons. The van der Waals surface area contributed by atoms with Crippen LogP contribution < -0.4 is 10.6 Å². The van der Waals surface area contributed by atoms with Crippen LogP contribution in [0, 0.1) is 31.0 Å². The molecule has 1 aromatic heterocycles. The quantitative estimate of drug-likeness (QED) is 0.395. The molecule has 0 fully saturated rings. The molecule has 0 aliphatic heterocycles. The van der Waals surface area contributed by atoms with Crippen LogP contribution >= 0.6 is 35.3 Å². The highest BCUT2D eigenvalue weighted by Crippen LogP contribution is 2.16. The second kappa shape index (κ2) is 10.3. The summed E-state index contributed by atoms with van der Waals surface area (Å²) < 4.78 is 13.9. The fourth-order valence-electron chi connectivity index (χ4n) is 2.15. The van der Waals surface area contributed by atoms with Crippen molar-refractivity contribution in [1.82, 2.24) is 15.6 Å². The zero-order valence-electron chi connectivity index (χ0n) is 14.4. The fourth-order valence-corrected chi connectivity index (χ4v) is 3.03. The molecule has 2 rings (SSSR count). The van der Waals surface area contributed by atoms with Crippen LogP contribution in [0.5, 0.6) is 0 Å². The fraction of sp³-hybridized carbons (Fsp3) is 0.353. The third kappa shape index (κ3) is 6.25. The van der Waals surface area contributed by atoms with Gasteiger partial charge in [-0.25, -0.2) is 14.4 Å². The second-order valence-corrected chi connectivity index (χ2v) is 6.50. The van der Waals surface area contributed by atoms with Crippen LogP contribution in [0.4, 0.5) is 4.39 Å². The topological polar surface area (TPSA) is 73.1 Å². The third-order valence-electron chi connectivity index (χ3n) is 3.35. The van der Waals surface area contributed by atoms with E-state index in [0.29, 0.717) is 30.2 Å². The maximum absolute atomic E-state index is 13.9. The number of nitriles is 1. The molecule has 25 heavy (non-hydrogen) atoms. The van der Waals surface area contributed by atoms with Crippen molar-refractivity contribution in [3.05, 3.63) is 50.7 Å². The molecule has 1 aromatic carbocycles. The predicted octanol–water partition coefficient (Wildman–Crippen LogP) is 3.64. The van der Waals surface area contributed by atoms with Gasteiger partial charge in [0, 0.05) is 17.0 Å². The average Bonchev–Trinajstić information content (AvgIpc) is 2.88. The van der Waals surface area contributed by atoms with Crippen LogP contribution in [0.15, 0.2) is 23.2 Å². The Morgan fingerprint density at radius 1 is 1.36 bits per heavy atom. The molecular formula is C17H21FIN5S. The summed E-state index contributed by atoms with van der Waals surface area (Å²) in [6.07, 6.45) is 0. The molecular weight excluding hydrogens is 452 g/mol. The minimum absolute atomic E-state index is 0. The first-order valence-electron chi connectivity index (χ1n) is 7.67. The summed E-state index contributed by atoms with van der Waals surface area (Å²) in [5.74, 6) is 0.203. The first-order valence-corrected chi connectivity index (χ1v) is 8.48. The Morgan fingerprint density at radius 2 is 2.12 bits per heavy atom. The van der Waals surface area contributed by atoms with Crippen molar-refractivity contribution in [2.24, 2.45) is 4.99 Å².